The lowest BCUT2D eigenvalue weighted by Gasteiger charge is -2.24. The maximum Gasteiger partial charge on any atom is 0.337 e. The van der Waals surface area contributed by atoms with Crippen molar-refractivity contribution in [2.24, 2.45) is 0 Å². The summed E-state index contributed by atoms with van der Waals surface area (Å²) in [5.41, 5.74) is -0.979. The smallest absolute Gasteiger partial charge is 0.337 e. The number of halogens is 2. The zero-order valence-corrected chi connectivity index (χ0v) is 10.2. The van der Waals surface area contributed by atoms with Gasteiger partial charge in [0.15, 0.2) is 0 Å². The van der Waals surface area contributed by atoms with Crippen molar-refractivity contribution in [2.75, 3.05) is 24.6 Å². The first-order valence-corrected chi connectivity index (χ1v) is 5.52. The second-order valence-electron chi connectivity index (χ2n) is 3.82. The predicted molar refractivity (Wildman–Crippen MR) is 65.4 cm³/mol. The van der Waals surface area contributed by atoms with E-state index in [1.807, 2.05) is 0 Å². The number of benzene rings is 1. The van der Waals surface area contributed by atoms with Gasteiger partial charge >= 0.3 is 5.97 Å². The minimum absolute atomic E-state index is 0.221. The molecule has 9 heteroatoms. The van der Waals surface area contributed by atoms with Gasteiger partial charge < -0.3 is 15.1 Å². The molecule has 0 aromatic heterocycles. The minimum atomic E-state index is -2.78. The van der Waals surface area contributed by atoms with Crippen molar-refractivity contribution in [2.45, 2.75) is 6.43 Å². The quantitative estimate of drug-likeness (QED) is 0.580. The number of carbonyl (C=O) groups is 1. The number of alkyl halides is 2. The summed E-state index contributed by atoms with van der Waals surface area (Å²) < 4.78 is 25.0. The number of carboxylic acid groups (broad SMARTS) is 1. The van der Waals surface area contributed by atoms with Crippen LogP contribution in [0.2, 0.25) is 0 Å². The van der Waals surface area contributed by atoms with Crippen molar-refractivity contribution in [3.05, 3.63) is 33.9 Å². The van der Waals surface area contributed by atoms with E-state index < -0.39 is 36.2 Å². The summed E-state index contributed by atoms with van der Waals surface area (Å²) in [6, 6.07) is 2.86. The van der Waals surface area contributed by atoms with Gasteiger partial charge in [-0.1, -0.05) is 0 Å². The molecule has 0 saturated heterocycles. The fraction of sp³-hybridized carbons (Fsp3) is 0.364. The zero-order valence-electron chi connectivity index (χ0n) is 10.2. The Hall–Kier alpha value is -2.29. The molecule has 0 amide bonds. The molecule has 20 heavy (non-hydrogen) atoms. The number of hydrogen-bond acceptors (Lipinski definition) is 5. The van der Waals surface area contributed by atoms with Crippen LogP contribution in [0.3, 0.4) is 0 Å². The van der Waals surface area contributed by atoms with Crippen LogP contribution in [0.25, 0.3) is 0 Å². The first-order chi connectivity index (χ1) is 9.36. The molecule has 0 radical (unpaired) electrons. The summed E-state index contributed by atoms with van der Waals surface area (Å²) in [5.74, 6) is -1.40. The Bertz CT molecular complexity index is 510. The second-order valence-corrected chi connectivity index (χ2v) is 3.82. The highest BCUT2D eigenvalue weighted by molar-refractivity contribution is 5.95. The fourth-order valence-corrected chi connectivity index (χ4v) is 1.67. The topological polar surface area (TPSA) is 104 Å². The van der Waals surface area contributed by atoms with Gasteiger partial charge in [-0.2, -0.15) is 0 Å². The summed E-state index contributed by atoms with van der Waals surface area (Å²) in [6.45, 7) is -1.58. The Morgan fingerprint density at radius 1 is 1.45 bits per heavy atom. The Morgan fingerprint density at radius 2 is 2.10 bits per heavy atom. The Labute approximate surface area is 112 Å². The molecular formula is C11H12F2N2O5. The van der Waals surface area contributed by atoms with Crippen LogP contribution < -0.4 is 4.90 Å². The van der Waals surface area contributed by atoms with Gasteiger partial charge in [-0.25, -0.2) is 13.6 Å². The molecule has 0 heterocycles. The number of hydrogen-bond donors (Lipinski definition) is 2. The highest BCUT2D eigenvalue weighted by Gasteiger charge is 2.22. The van der Waals surface area contributed by atoms with Crippen LogP contribution in [0.5, 0.6) is 0 Å². The number of anilines is 1. The molecule has 1 rings (SSSR count). The van der Waals surface area contributed by atoms with Crippen molar-refractivity contribution in [3.8, 4) is 0 Å². The molecule has 110 valence electrons. The average molecular weight is 290 g/mol. The van der Waals surface area contributed by atoms with E-state index in [-0.39, 0.29) is 17.8 Å². The number of aliphatic hydroxyl groups excluding tert-OH is 1. The van der Waals surface area contributed by atoms with E-state index >= 15 is 0 Å². The molecule has 0 saturated carbocycles. The van der Waals surface area contributed by atoms with E-state index in [0.29, 0.717) is 0 Å². The SMILES string of the molecule is O=C(O)c1ccc([N+](=O)[O-])cc1N(CCO)CC(F)F. The Kier molecular flexibility index (Phi) is 5.32. The van der Waals surface area contributed by atoms with Gasteiger partial charge in [-0.15, -0.1) is 0 Å². The predicted octanol–water partition coefficient (Wildman–Crippen LogP) is 1.36. The molecule has 0 aliphatic carbocycles. The van der Waals surface area contributed by atoms with Gasteiger partial charge in [0.2, 0.25) is 0 Å². The van der Waals surface area contributed by atoms with Gasteiger partial charge in [-0.05, 0) is 6.07 Å². The first kappa shape index (κ1) is 15.8. The van der Waals surface area contributed by atoms with Crippen molar-refractivity contribution in [3.63, 3.8) is 0 Å². The largest absolute Gasteiger partial charge is 0.478 e. The van der Waals surface area contributed by atoms with E-state index in [1.165, 1.54) is 0 Å². The number of nitro benzene ring substituents is 1. The molecule has 0 spiro atoms. The van der Waals surface area contributed by atoms with Crippen LogP contribution in [0.4, 0.5) is 20.2 Å². The van der Waals surface area contributed by atoms with E-state index in [9.17, 15) is 23.7 Å². The molecule has 0 aliphatic rings. The van der Waals surface area contributed by atoms with Gasteiger partial charge in [0.25, 0.3) is 12.1 Å². The lowest BCUT2D eigenvalue weighted by atomic mass is 10.1. The molecule has 1 aromatic carbocycles. The zero-order chi connectivity index (χ0) is 15.3. The van der Waals surface area contributed by atoms with Crippen molar-refractivity contribution in [1.82, 2.24) is 0 Å². The van der Waals surface area contributed by atoms with Gasteiger partial charge in [0, 0.05) is 18.7 Å². The third-order valence-corrected chi connectivity index (χ3v) is 2.49. The highest BCUT2D eigenvalue weighted by atomic mass is 19.3. The van der Waals surface area contributed by atoms with Crippen molar-refractivity contribution >= 4 is 17.3 Å². The van der Waals surface area contributed by atoms with Gasteiger partial charge in [0.05, 0.1) is 29.3 Å². The molecule has 7 nitrogen and oxygen atoms in total. The molecule has 1 aromatic rings. The molecule has 0 bridgehead atoms. The molecule has 0 aliphatic heterocycles. The Balaban J connectivity index is 3.30. The summed E-state index contributed by atoms with van der Waals surface area (Å²) >= 11 is 0. The monoisotopic (exact) mass is 290 g/mol. The van der Waals surface area contributed by atoms with E-state index in [0.717, 1.165) is 23.1 Å². The van der Waals surface area contributed by atoms with Gasteiger partial charge in [-0.3, -0.25) is 10.1 Å². The lowest BCUT2D eigenvalue weighted by Crippen LogP contribution is -2.32. The number of carboxylic acids is 1. The number of aromatic carboxylic acids is 1. The van der Waals surface area contributed by atoms with Crippen LogP contribution >= 0.6 is 0 Å². The van der Waals surface area contributed by atoms with E-state index in [1.54, 1.807) is 0 Å². The summed E-state index contributed by atoms with van der Waals surface area (Å²) in [5, 5.41) is 28.5. The molecule has 0 fully saturated rings. The van der Waals surface area contributed by atoms with Crippen LogP contribution in [-0.2, 0) is 0 Å². The molecule has 0 unspecified atom stereocenters. The summed E-state index contributed by atoms with van der Waals surface area (Å²) in [7, 11) is 0. The number of aliphatic hydroxyl groups is 1. The molecular weight excluding hydrogens is 278 g/mol. The third-order valence-electron chi connectivity index (χ3n) is 2.49. The first-order valence-electron chi connectivity index (χ1n) is 5.52. The highest BCUT2D eigenvalue weighted by Crippen LogP contribution is 2.26. The maximum absolute atomic E-state index is 12.5. The molecule has 0 atom stereocenters. The van der Waals surface area contributed by atoms with Crippen LogP contribution in [0, 0.1) is 10.1 Å². The van der Waals surface area contributed by atoms with Crippen LogP contribution in [0.1, 0.15) is 10.4 Å². The Morgan fingerprint density at radius 3 is 2.55 bits per heavy atom. The second kappa shape index (κ2) is 6.75. The number of non-ortho nitro benzene ring substituents is 1. The van der Waals surface area contributed by atoms with Crippen LogP contribution in [-0.4, -0.2) is 47.2 Å². The maximum atomic E-state index is 12.5. The number of nitrogens with zero attached hydrogens (tertiary/aromatic N) is 2. The number of rotatable bonds is 7. The third kappa shape index (κ3) is 3.85. The fourth-order valence-electron chi connectivity index (χ4n) is 1.67. The normalized spacial score (nSPS) is 10.6. The van der Waals surface area contributed by atoms with Gasteiger partial charge in [0.1, 0.15) is 0 Å². The van der Waals surface area contributed by atoms with Crippen LogP contribution in [0.15, 0.2) is 18.2 Å². The molecule has 2 N–H and O–H groups in total. The number of nitro groups is 1. The van der Waals surface area contributed by atoms with Crippen molar-refractivity contribution in [1.29, 1.82) is 0 Å². The standard InChI is InChI=1S/C11H12F2N2O5/c12-10(13)6-14(3-4-16)9-5-7(15(19)20)1-2-8(9)11(17)18/h1-2,5,10,16H,3-4,6H2,(H,17,18). The van der Waals surface area contributed by atoms with E-state index in [4.69, 9.17) is 10.2 Å². The average Bonchev–Trinajstić information content (AvgIpc) is 2.36. The summed E-state index contributed by atoms with van der Waals surface area (Å²) in [4.78, 5) is 21.9. The van der Waals surface area contributed by atoms with E-state index in [2.05, 4.69) is 0 Å². The minimum Gasteiger partial charge on any atom is -0.478 e. The summed E-state index contributed by atoms with van der Waals surface area (Å²) in [6.07, 6.45) is -2.78. The van der Waals surface area contributed by atoms with Crippen molar-refractivity contribution < 1.29 is 28.7 Å². The lowest BCUT2D eigenvalue weighted by molar-refractivity contribution is -0.384.